The molecule has 1 atom stereocenters. The molecule has 3 heterocycles. The molecule has 2 amide bonds. The number of benzene rings is 2. The Morgan fingerprint density at radius 2 is 1.65 bits per heavy atom. The van der Waals surface area contributed by atoms with Gasteiger partial charge in [-0.2, -0.15) is 0 Å². The number of carbonyl (C=O) groups is 3. The lowest BCUT2D eigenvalue weighted by Crippen LogP contribution is -2.50. The van der Waals surface area contributed by atoms with Gasteiger partial charge in [-0.25, -0.2) is 9.79 Å². The molecule has 2 aromatic carbocycles. The molecule has 0 spiro atoms. The number of piperazine rings is 1. The van der Waals surface area contributed by atoms with Gasteiger partial charge in [-0.15, -0.1) is 0 Å². The molecule has 2 aromatic rings. The van der Waals surface area contributed by atoms with Gasteiger partial charge in [0.05, 0.1) is 30.8 Å². The summed E-state index contributed by atoms with van der Waals surface area (Å²) in [4.78, 5) is 49.0. The van der Waals surface area contributed by atoms with Crippen LogP contribution in [0.3, 0.4) is 0 Å². The average molecular weight is 561 g/mol. The SMILES string of the molecule is COc1ccccc1[C@@H]1C(C(=O)OCc2ccccc2)=C(C)N=C2SC=C(CC(=O)N3CCN(C(C)=O)CC3)N21. The van der Waals surface area contributed by atoms with E-state index < -0.39 is 12.0 Å². The van der Waals surface area contributed by atoms with E-state index in [4.69, 9.17) is 14.5 Å². The van der Waals surface area contributed by atoms with Crippen molar-refractivity contribution in [2.45, 2.75) is 32.9 Å². The van der Waals surface area contributed by atoms with Crippen LogP contribution in [0.15, 0.2) is 82.0 Å². The number of ether oxygens (including phenoxy) is 2. The predicted molar refractivity (Wildman–Crippen MR) is 153 cm³/mol. The summed E-state index contributed by atoms with van der Waals surface area (Å²) in [6, 6.07) is 16.5. The van der Waals surface area contributed by atoms with E-state index in [1.807, 2.05) is 71.8 Å². The molecule has 0 aromatic heterocycles. The van der Waals surface area contributed by atoms with E-state index in [2.05, 4.69) is 0 Å². The van der Waals surface area contributed by atoms with E-state index in [-0.39, 0.29) is 24.8 Å². The highest BCUT2D eigenvalue weighted by Gasteiger charge is 2.42. The molecule has 9 nitrogen and oxygen atoms in total. The first-order valence-electron chi connectivity index (χ1n) is 13.2. The lowest BCUT2D eigenvalue weighted by molar-refractivity contribution is -0.141. The summed E-state index contributed by atoms with van der Waals surface area (Å²) in [5.74, 6) is 0.139. The second-order valence-corrected chi connectivity index (χ2v) is 10.6. The summed E-state index contributed by atoms with van der Waals surface area (Å²) < 4.78 is 11.5. The summed E-state index contributed by atoms with van der Waals surface area (Å²) >= 11 is 1.43. The van der Waals surface area contributed by atoms with Gasteiger partial charge < -0.3 is 24.2 Å². The highest BCUT2D eigenvalue weighted by Crippen LogP contribution is 2.47. The monoisotopic (exact) mass is 560 g/mol. The minimum atomic E-state index is -0.587. The second kappa shape index (κ2) is 12.0. The first-order valence-corrected chi connectivity index (χ1v) is 14.1. The molecular formula is C30H32N4O5S. The zero-order valence-electron chi connectivity index (χ0n) is 22.8. The summed E-state index contributed by atoms with van der Waals surface area (Å²) in [6.07, 6.45) is 0.142. The summed E-state index contributed by atoms with van der Waals surface area (Å²) in [5.41, 5.74) is 3.38. The van der Waals surface area contributed by atoms with Crippen molar-refractivity contribution in [1.29, 1.82) is 0 Å². The Balaban J connectivity index is 1.43. The number of amides is 2. The normalized spacial score (nSPS) is 18.7. The van der Waals surface area contributed by atoms with Crippen LogP contribution < -0.4 is 4.74 Å². The van der Waals surface area contributed by atoms with Crippen LogP contribution in [-0.4, -0.2) is 70.9 Å². The van der Waals surface area contributed by atoms with E-state index in [1.54, 1.807) is 23.8 Å². The minimum Gasteiger partial charge on any atom is -0.496 e. The quantitative estimate of drug-likeness (QED) is 0.471. The fourth-order valence-corrected chi connectivity index (χ4v) is 6.12. The maximum atomic E-state index is 13.7. The molecule has 0 N–H and O–H groups in total. The molecule has 0 radical (unpaired) electrons. The van der Waals surface area contributed by atoms with Gasteiger partial charge in [0.25, 0.3) is 0 Å². The molecule has 10 heteroatoms. The van der Waals surface area contributed by atoms with Crippen molar-refractivity contribution in [2.24, 2.45) is 4.99 Å². The molecule has 0 unspecified atom stereocenters. The molecular weight excluding hydrogens is 528 g/mol. The van der Waals surface area contributed by atoms with Gasteiger partial charge in [0.2, 0.25) is 11.8 Å². The first-order chi connectivity index (χ1) is 19.4. The Morgan fingerprint density at radius 3 is 2.35 bits per heavy atom. The standard InChI is InChI=1S/C30H32N4O5S/c1-20-27(29(37)39-18-22-9-5-4-6-10-22)28(24-11-7-8-12-25(24)38-3)34-23(19-40-30(34)31-20)17-26(36)33-15-13-32(14-16-33)21(2)35/h4-12,19,28H,13-18H2,1-3H3/t28-/m1/s1. The number of fused-ring (bicyclic) bond motifs is 1. The minimum absolute atomic E-state index is 0.0182. The maximum absolute atomic E-state index is 13.7. The average Bonchev–Trinajstić information content (AvgIpc) is 3.37. The van der Waals surface area contributed by atoms with E-state index in [0.29, 0.717) is 48.4 Å². The van der Waals surface area contributed by atoms with Crippen molar-refractivity contribution in [1.82, 2.24) is 14.7 Å². The van der Waals surface area contributed by atoms with Gasteiger partial charge >= 0.3 is 5.97 Å². The molecule has 40 heavy (non-hydrogen) atoms. The van der Waals surface area contributed by atoms with Gasteiger partial charge in [0.1, 0.15) is 12.4 Å². The topological polar surface area (TPSA) is 91.7 Å². The largest absolute Gasteiger partial charge is 0.496 e. The van der Waals surface area contributed by atoms with Crippen LogP contribution in [0.2, 0.25) is 0 Å². The predicted octanol–water partition coefficient (Wildman–Crippen LogP) is 4.09. The number of amidine groups is 1. The van der Waals surface area contributed by atoms with Crippen LogP contribution in [0.5, 0.6) is 5.75 Å². The van der Waals surface area contributed by atoms with Crippen molar-refractivity contribution in [3.8, 4) is 5.75 Å². The third kappa shape index (κ3) is 5.62. The van der Waals surface area contributed by atoms with Gasteiger partial charge in [0.15, 0.2) is 5.17 Å². The van der Waals surface area contributed by atoms with Crippen LogP contribution in [0.25, 0.3) is 0 Å². The fraction of sp³-hybridized carbons (Fsp3) is 0.333. The zero-order valence-corrected chi connectivity index (χ0v) is 23.6. The summed E-state index contributed by atoms with van der Waals surface area (Å²) in [6.45, 7) is 5.52. The lowest BCUT2D eigenvalue weighted by Gasteiger charge is -2.38. The van der Waals surface area contributed by atoms with Crippen LogP contribution in [-0.2, 0) is 25.7 Å². The van der Waals surface area contributed by atoms with Crippen molar-refractivity contribution in [2.75, 3.05) is 33.3 Å². The number of methoxy groups -OCH3 is 1. The Hall–Kier alpha value is -4.05. The smallest absolute Gasteiger partial charge is 0.338 e. The number of thioether (sulfide) groups is 1. The van der Waals surface area contributed by atoms with Gasteiger partial charge in [-0.1, -0.05) is 60.3 Å². The third-order valence-corrected chi connectivity index (χ3v) is 8.17. The van der Waals surface area contributed by atoms with Gasteiger partial charge in [-0.3, -0.25) is 9.59 Å². The molecule has 1 fully saturated rings. The molecule has 3 aliphatic rings. The molecule has 208 valence electrons. The Morgan fingerprint density at radius 1 is 0.975 bits per heavy atom. The van der Waals surface area contributed by atoms with E-state index in [1.165, 1.54) is 11.8 Å². The number of carbonyl (C=O) groups excluding carboxylic acids is 3. The number of hydrogen-bond acceptors (Lipinski definition) is 8. The second-order valence-electron chi connectivity index (χ2n) is 9.76. The zero-order chi connectivity index (χ0) is 28.2. The van der Waals surface area contributed by atoms with E-state index in [0.717, 1.165) is 16.8 Å². The number of rotatable bonds is 7. The third-order valence-electron chi connectivity index (χ3n) is 7.28. The first kappa shape index (κ1) is 27.5. The Bertz CT molecular complexity index is 1400. The van der Waals surface area contributed by atoms with Crippen molar-refractivity contribution in [3.63, 3.8) is 0 Å². The van der Waals surface area contributed by atoms with Crippen molar-refractivity contribution < 1.29 is 23.9 Å². The molecule has 1 saturated heterocycles. The number of hydrogen-bond donors (Lipinski definition) is 0. The fourth-order valence-electron chi connectivity index (χ4n) is 5.16. The number of allylic oxidation sites excluding steroid dienone is 1. The molecule has 3 aliphatic heterocycles. The van der Waals surface area contributed by atoms with Crippen LogP contribution >= 0.6 is 11.8 Å². The van der Waals surface area contributed by atoms with Gasteiger partial charge in [0, 0.05) is 44.4 Å². The van der Waals surface area contributed by atoms with Crippen LogP contribution in [0.1, 0.15) is 37.4 Å². The van der Waals surface area contributed by atoms with Crippen molar-refractivity contribution >= 4 is 34.7 Å². The molecule has 0 bridgehead atoms. The number of para-hydroxylation sites is 1. The molecule has 0 saturated carbocycles. The van der Waals surface area contributed by atoms with Crippen LogP contribution in [0.4, 0.5) is 0 Å². The van der Waals surface area contributed by atoms with Crippen LogP contribution in [0, 0.1) is 0 Å². The summed E-state index contributed by atoms with van der Waals surface area (Å²) in [5, 5.41) is 2.62. The lowest BCUT2D eigenvalue weighted by atomic mass is 9.93. The molecule has 0 aliphatic carbocycles. The Kier molecular flexibility index (Phi) is 8.25. The van der Waals surface area contributed by atoms with Crippen molar-refractivity contribution in [3.05, 3.63) is 88.1 Å². The molecule has 5 rings (SSSR count). The highest BCUT2D eigenvalue weighted by molar-refractivity contribution is 8.16. The number of esters is 1. The van der Waals surface area contributed by atoms with Gasteiger partial charge in [-0.05, 0) is 24.0 Å². The summed E-state index contributed by atoms with van der Waals surface area (Å²) in [7, 11) is 1.60. The highest BCUT2D eigenvalue weighted by atomic mass is 32.2. The van der Waals surface area contributed by atoms with E-state index >= 15 is 0 Å². The number of aliphatic imine (C=N–C) groups is 1. The maximum Gasteiger partial charge on any atom is 0.338 e. The Labute approximate surface area is 238 Å². The van der Waals surface area contributed by atoms with E-state index in [9.17, 15) is 14.4 Å². The number of nitrogens with zero attached hydrogens (tertiary/aromatic N) is 4.